The number of nitrogens with one attached hydrogen (secondary N) is 1. The lowest BCUT2D eigenvalue weighted by atomic mass is 9.97. The summed E-state index contributed by atoms with van der Waals surface area (Å²) in [5, 5.41) is 2.94. The fourth-order valence-corrected chi connectivity index (χ4v) is 3.78. The van der Waals surface area contributed by atoms with Gasteiger partial charge in [0.2, 0.25) is 11.7 Å². The van der Waals surface area contributed by atoms with Gasteiger partial charge in [-0.3, -0.25) is 9.59 Å². The van der Waals surface area contributed by atoms with E-state index >= 15 is 0 Å². The molecule has 30 heavy (non-hydrogen) atoms. The van der Waals surface area contributed by atoms with E-state index in [1.165, 1.54) is 31.3 Å². The Bertz CT molecular complexity index is 903. The second-order valence-corrected chi connectivity index (χ2v) is 7.63. The van der Waals surface area contributed by atoms with Gasteiger partial charge in [-0.05, 0) is 58.1 Å². The molecular weight excluding hydrogens is 380 g/mol. The summed E-state index contributed by atoms with van der Waals surface area (Å²) in [5.74, 6) is -0.137. The molecule has 0 fully saturated rings. The van der Waals surface area contributed by atoms with Crippen molar-refractivity contribution >= 4 is 17.7 Å². The highest BCUT2D eigenvalue weighted by molar-refractivity contribution is 5.99. The Kier molecular flexibility index (Phi) is 7.76. The van der Waals surface area contributed by atoms with E-state index in [1.807, 2.05) is 19.9 Å². The van der Waals surface area contributed by atoms with E-state index in [9.17, 15) is 9.59 Å². The summed E-state index contributed by atoms with van der Waals surface area (Å²) in [6.45, 7) is 4.96. The maximum absolute atomic E-state index is 12.6. The minimum atomic E-state index is -0.426. The van der Waals surface area contributed by atoms with Gasteiger partial charge in [-0.15, -0.1) is 0 Å². The van der Waals surface area contributed by atoms with E-state index in [1.54, 1.807) is 18.5 Å². The molecule has 1 aliphatic rings. The average molecular weight is 411 g/mol. The largest absolute Gasteiger partial charge is 0.457 e. The van der Waals surface area contributed by atoms with Gasteiger partial charge in [0.25, 0.3) is 0 Å². The first-order chi connectivity index (χ1) is 14.5. The van der Waals surface area contributed by atoms with Crippen LogP contribution in [0.5, 0.6) is 0 Å². The number of carbonyl (C=O) groups excluding carboxylic acids is 2. The van der Waals surface area contributed by atoms with Crippen molar-refractivity contribution in [3.63, 3.8) is 0 Å². The molecule has 3 rings (SSSR count). The number of allylic oxidation sites excluding steroid dienone is 2. The van der Waals surface area contributed by atoms with Crippen molar-refractivity contribution in [2.24, 2.45) is 0 Å². The number of rotatable bonds is 10. The van der Waals surface area contributed by atoms with Crippen LogP contribution in [0.25, 0.3) is 0 Å². The van der Waals surface area contributed by atoms with Gasteiger partial charge in [0.05, 0.1) is 6.42 Å². The van der Waals surface area contributed by atoms with Gasteiger partial charge >= 0.3 is 5.97 Å². The minimum absolute atomic E-state index is 0.139. The Morgan fingerprint density at radius 2 is 2.00 bits per heavy atom. The monoisotopic (exact) mass is 410 g/mol. The molecule has 0 amide bonds. The van der Waals surface area contributed by atoms with Crippen LogP contribution in [0.3, 0.4) is 0 Å². The van der Waals surface area contributed by atoms with Crippen LogP contribution in [0, 0.1) is 13.8 Å². The van der Waals surface area contributed by atoms with Gasteiger partial charge in [-0.2, -0.15) is 0 Å². The lowest BCUT2D eigenvalue weighted by Gasteiger charge is -2.15. The summed E-state index contributed by atoms with van der Waals surface area (Å²) >= 11 is 0. The van der Waals surface area contributed by atoms with Gasteiger partial charge in [-0.1, -0.05) is 11.6 Å². The Labute approximate surface area is 177 Å². The third kappa shape index (κ3) is 6.02. The molecule has 1 N–H and O–H groups in total. The predicted octanol–water partition coefficient (Wildman–Crippen LogP) is 4.01. The second-order valence-electron chi connectivity index (χ2n) is 7.63. The molecular formula is C23H30N4O3. The van der Waals surface area contributed by atoms with E-state index in [0.717, 1.165) is 24.4 Å². The molecule has 0 aliphatic heterocycles. The highest BCUT2D eigenvalue weighted by Crippen LogP contribution is 2.23. The number of Topliss-reactive ketones (excluding diaryl/α,β-unsaturated/α-hetero) is 1. The zero-order valence-electron chi connectivity index (χ0n) is 17.8. The molecule has 0 unspecified atom stereocenters. The first-order valence-electron chi connectivity index (χ1n) is 10.6. The van der Waals surface area contributed by atoms with Crippen LogP contribution in [-0.4, -0.2) is 39.4 Å². The van der Waals surface area contributed by atoms with Crippen LogP contribution in [0.1, 0.15) is 60.3 Å². The molecule has 0 aromatic carbocycles. The number of aryl methyl sites for hydroxylation is 1. The average Bonchev–Trinajstić information content (AvgIpc) is 3.05. The lowest BCUT2D eigenvalue weighted by molar-refractivity contribution is -0.142. The van der Waals surface area contributed by atoms with Crippen molar-refractivity contribution in [2.75, 3.05) is 18.5 Å². The standard InChI is InChI=1S/C23H30N4O3/c1-17-15-20(18(2)27(17)14-10-19-7-4-3-5-8-19)21(28)16-30-22(29)9-13-26-23-24-11-6-12-25-23/h6-7,11-12,15H,3-5,8-10,13-14,16H2,1-2H3,(H,24,25,26). The predicted molar refractivity (Wildman–Crippen MR) is 116 cm³/mol. The molecule has 0 spiro atoms. The maximum atomic E-state index is 12.6. The third-order valence-corrected chi connectivity index (χ3v) is 5.46. The summed E-state index contributed by atoms with van der Waals surface area (Å²) < 4.78 is 7.36. The summed E-state index contributed by atoms with van der Waals surface area (Å²) in [6.07, 6.45) is 11.7. The first kappa shape index (κ1) is 21.7. The van der Waals surface area contributed by atoms with E-state index in [-0.39, 0.29) is 18.8 Å². The van der Waals surface area contributed by atoms with Crippen LogP contribution in [-0.2, 0) is 16.1 Å². The Morgan fingerprint density at radius 1 is 1.20 bits per heavy atom. The highest BCUT2D eigenvalue weighted by Gasteiger charge is 2.17. The molecule has 160 valence electrons. The van der Waals surface area contributed by atoms with Crippen molar-refractivity contribution in [3.8, 4) is 0 Å². The Balaban J connectivity index is 1.46. The molecule has 0 atom stereocenters. The number of nitrogens with zero attached hydrogens (tertiary/aromatic N) is 3. The minimum Gasteiger partial charge on any atom is -0.457 e. The van der Waals surface area contributed by atoms with Crippen LogP contribution < -0.4 is 5.32 Å². The molecule has 0 bridgehead atoms. The lowest BCUT2D eigenvalue weighted by Crippen LogP contribution is -2.17. The molecule has 2 aromatic heterocycles. The van der Waals surface area contributed by atoms with Gasteiger partial charge < -0.3 is 14.6 Å². The summed E-state index contributed by atoms with van der Waals surface area (Å²) in [6, 6.07) is 3.62. The zero-order valence-corrected chi connectivity index (χ0v) is 17.8. The van der Waals surface area contributed by atoms with Crippen LogP contribution >= 0.6 is 0 Å². The number of ketones is 1. The molecule has 0 saturated carbocycles. The van der Waals surface area contributed by atoms with Gasteiger partial charge in [0, 0.05) is 42.4 Å². The maximum Gasteiger partial charge on any atom is 0.308 e. The molecule has 2 aromatic rings. The second kappa shape index (κ2) is 10.7. The number of ether oxygens (including phenoxy) is 1. The zero-order chi connectivity index (χ0) is 21.3. The number of hydrogen-bond donors (Lipinski definition) is 1. The van der Waals surface area contributed by atoms with Crippen molar-refractivity contribution < 1.29 is 14.3 Å². The van der Waals surface area contributed by atoms with E-state index in [4.69, 9.17) is 4.74 Å². The quantitative estimate of drug-likeness (QED) is 0.362. The molecule has 1 aliphatic carbocycles. The fraction of sp³-hybridized carbons (Fsp3) is 0.478. The fourth-order valence-electron chi connectivity index (χ4n) is 3.78. The Morgan fingerprint density at radius 3 is 2.73 bits per heavy atom. The number of anilines is 1. The highest BCUT2D eigenvalue weighted by atomic mass is 16.5. The normalized spacial score (nSPS) is 13.6. The molecule has 7 heteroatoms. The number of hydrogen-bond acceptors (Lipinski definition) is 6. The van der Waals surface area contributed by atoms with Crippen molar-refractivity contribution in [3.05, 3.63) is 53.1 Å². The van der Waals surface area contributed by atoms with Gasteiger partial charge in [0.15, 0.2) is 6.61 Å². The number of esters is 1. The topological polar surface area (TPSA) is 86.1 Å². The molecule has 0 radical (unpaired) electrons. The van der Waals surface area contributed by atoms with Gasteiger partial charge in [-0.25, -0.2) is 9.97 Å². The summed E-state index contributed by atoms with van der Waals surface area (Å²) in [5.41, 5.74) is 4.15. The summed E-state index contributed by atoms with van der Waals surface area (Å²) in [7, 11) is 0. The Hall–Kier alpha value is -2.96. The van der Waals surface area contributed by atoms with E-state index in [2.05, 4.69) is 25.9 Å². The third-order valence-electron chi connectivity index (χ3n) is 5.46. The molecule has 2 heterocycles. The molecule has 7 nitrogen and oxygen atoms in total. The van der Waals surface area contributed by atoms with E-state index < -0.39 is 5.97 Å². The number of aromatic nitrogens is 3. The number of carbonyl (C=O) groups is 2. The van der Waals surface area contributed by atoms with Crippen LogP contribution in [0.15, 0.2) is 36.2 Å². The first-order valence-corrected chi connectivity index (χ1v) is 10.6. The van der Waals surface area contributed by atoms with Crippen molar-refractivity contribution in [2.45, 2.75) is 58.9 Å². The summed E-state index contributed by atoms with van der Waals surface area (Å²) in [4.78, 5) is 32.6. The van der Waals surface area contributed by atoms with Crippen molar-refractivity contribution in [1.29, 1.82) is 0 Å². The van der Waals surface area contributed by atoms with E-state index in [0.29, 0.717) is 18.1 Å². The van der Waals surface area contributed by atoms with Gasteiger partial charge in [0.1, 0.15) is 0 Å². The van der Waals surface area contributed by atoms with Crippen LogP contribution in [0.2, 0.25) is 0 Å². The smallest absolute Gasteiger partial charge is 0.308 e. The van der Waals surface area contributed by atoms with Crippen LogP contribution in [0.4, 0.5) is 5.95 Å². The molecule has 0 saturated heterocycles. The van der Waals surface area contributed by atoms with Crippen molar-refractivity contribution in [1.82, 2.24) is 14.5 Å². The SMILES string of the molecule is Cc1cc(C(=O)COC(=O)CCNc2ncccn2)c(C)n1CCC1=CCCCC1.